The lowest BCUT2D eigenvalue weighted by Gasteiger charge is -2.26. The molecule has 1 atom stereocenters. The number of benzene rings is 1. The van der Waals surface area contributed by atoms with Crippen LogP contribution in [0.5, 0.6) is 5.75 Å². The molecule has 5 heteroatoms. The van der Waals surface area contributed by atoms with Crippen molar-refractivity contribution in [1.82, 2.24) is 4.90 Å². The highest BCUT2D eigenvalue weighted by Gasteiger charge is 2.26. The predicted octanol–water partition coefficient (Wildman–Crippen LogP) is 2.45. The summed E-state index contributed by atoms with van der Waals surface area (Å²) < 4.78 is 18.6. The number of hydrogen-bond acceptors (Lipinski definition) is 3. The Hall–Kier alpha value is -1.62. The number of carbonyl (C=O) groups is 1. The largest absolute Gasteiger partial charge is 0.494 e. The summed E-state index contributed by atoms with van der Waals surface area (Å²) in [6.45, 7) is 1.73. The Labute approximate surface area is 111 Å². The SMILES string of the molecule is COc1ccc(C(CC(=O)O)N2CCCC2)cc1F. The lowest BCUT2D eigenvalue weighted by Crippen LogP contribution is -2.27. The Kier molecular flexibility index (Phi) is 4.37. The molecule has 1 aliphatic rings. The first kappa shape index (κ1) is 13.8. The summed E-state index contributed by atoms with van der Waals surface area (Å²) in [6.07, 6.45) is 2.12. The summed E-state index contributed by atoms with van der Waals surface area (Å²) in [5.74, 6) is -1.14. The number of carboxylic acids is 1. The van der Waals surface area contributed by atoms with Crippen LogP contribution in [0.2, 0.25) is 0 Å². The van der Waals surface area contributed by atoms with Gasteiger partial charge in [-0.1, -0.05) is 6.07 Å². The van der Waals surface area contributed by atoms with E-state index in [1.807, 2.05) is 0 Å². The number of likely N-dealkylation sites (tertiary alicyclic amines) is 1. The highest BCUT2D eigenvalue weighted by atomic mass is 19.1. The van der Waals surface area contributed by atoms with Crippen LogP contribution in [0, 0.1) is 5.82 Å². The Morgan fingerprint density at radius 1 is 1.47 bits per heavy atom. The minimum atomic E-state index is -0.867. The zero-order chi connectivity index (χ0) is 13.8. The fraction of sp³-hybridized carbons (Fsp3) is 0.500. The van der Waals surface area contributed by atoms with Crippen molar-refractivity contribution in [2.75, 3.05) is 20.2 Å². The standard InChI is InChI=1S/C14H18FNO3/c1-19-13-5-4-10(8-11(13)15)12(9-14(17)18)16-6-2-3-7-16/h4-5,8,12H,2-3,6-7,9H2,1H3,(H,17,18). The number of methoxy groups -OCH3 is 1. The Balaban J connectivity index is 2.26. The molecule has 1 aliphatic heterocycles. The third kappa shape index (κ3) is 3.23. The van der Waals surface area contributed by atoms with Crippen LogP contribution in [0.1, 0.15) is 30.9 Å². The molecule has 104 valence electrons. The van der Waals surface area contributed by atoms with Crippen molar-refractivity contribution in [2.24, 2.45) is 0 Å². The van der Waals surface area contributed by atoms with Gasteiger partial charge in [-0.25, -0.2) is 4.39 Å². The smallest absolute Gasteiger partial charge is 0.305 e. The number of hydrogen-bond donors (Lipinski definition) is 1. The normalized spacial score (nSPS) is 17.4. The average Bonchev–Trinajstić information content (AvgIpc) is 2.89. The molecule has 1 aromatic carbocycles. The monoisotopic (exact) mass is 267 g/mol. The van der Waals surface area contributed by atoms with Gasteiger partial charge in [-0.3, -0.25) is 9.69 Å². The van der Waals surface area contributed by atoms with Gasteiger partial charge >= 0.3 is 5.97 Å². The van der Waals surface area contributed by atoms with Crippen LogP contribution in [0.25, 0.3) is 0 Å². The molecule has 1 fully saturated rings. The van der Waals surface area contributed by atoms with Gasteiger partial charge in [0.2, 0.25) is 0 Å². The number of carboxylic acid groups (broad SMARTS) is 1. The van der Waals surface area contributed by atoms with Crippen molar-refractivity contribution in [3.63, 3.8) is 0 Å². The highest BCUT2D eigenvalue weighted by molar-refractivity contribution is 5.68. The zero-order valence-corrected chi connectivity index (χ0v) is 10.9. The molecule has 4 nitrogen and oxygen atoms in total. The molecule has 0 spiro atoms. The number of rotatable bonds is 5. The van der Waals surface area contributed by atoms with Gasteiger partial charge in [-0.05, 0) is 43.6 Å². The topological polar surface area (TPSA) is 49.8 Å². The van der Waals surface area contributed by atoms with E-state index in [4.69, 9.17) is 9.84 Å². The molecule has 0 aromatic heterocycles. The van der Waals surface area contributed by atoms with Crippen molar-refractivity contribution < 1.29 is 19.0 Å². The Morgan fingerprint density at radius 2 is 2.16 bits per heavy atom. The molecule has 1 heterocycles. The van der Waals surface area contributed by atoms with Gasteiger partial charge in [0.1, 0.15) is 0 Å². The van der Waals surface area contributed by atoms with Crippen molar-refractivity contribution in [3.05, 3.63) is 29.6 Å². The van der Waals surface area contributed by atoms with Crippen molar-refractivity contribution in [3.8, 4) is 5.75 Å². The summed E-state index contributed by atoms with van der Waals surface area (Å²) in [4.78, 5) is 13.1. The first-order chi connectivity index (χ1) is 9.11. The molecule has 1 aromatic rings. The molecule has 1 saturated heterocycles. The molecule has 0 saturated carbocycles. The molecule has 19 heavy (non-hydrogen) atoms. The van der Waals surface area contributed by atoms with Crippen molar-refractivity contribution >= 4 is 5.97 Å². The average molecular weight is 267 g/mol. The van der Waals surface area contributed by atoms with Gasteiger partial charge in [-0.15, -0.1) is 0 Å². The Morgan fingerprint density at radius 3 is 2.68 bits per heavy atom. The molecule has 2 rings (SSSR count). The lowest BCUT2D eigenvalue weighted by atomic mass is 10.0. The van der Waals surface area contributed by atoms with Gasteiger partial charge in [0.15, 0.2) is 11.6 Å². The number of aliphatic carboxylic acids is 1. The van der Waals surface area contributed by atoms with Gasteiger partial charge in [0.25, 0.3) is 0 Å². The highest BCUT2D eigenvalue weighted by Crippen LogP contribution is 2.30. The second-order valence-corrected chi connectivity index (χ2v) is 4.75. The molecule has 1 N–H and O–H groups in total. The summed E-state index contributed by atoms with van der Waals surface area (Å²) >= 11 is 0. The second kappa shape index (κ2) is 6.02. The Bertz CT molecular complexity index is 458. The summed E-state index contributed by atoms with van der Waals surface area (Å²) in [5, 5.41) is 9.03. The summed E-state index contributed by atoms with van der Waals surface area (Å²) in [7, 11) is 1.41. The zero-order valence-electron chi connectivity index (χ0n) is 10.9. The van der Waals surface area contributed by atoms with Crippen LogP contribution < -0.4 is 4.74 Å². The molecule has 1 unspecified atom stereocenters. The minimum absolute atomic E-state index is 0.00817. The lowest BCUT2D eigenvalue weighted by molar-refractivity contribution is -0.138. The van der Waals surface area contributed by atoms with Crippen LogP contribution in [0.4, 0.5) is 4.39 Å². The van der Waals surface area contributed by atoms with E-state index in [1.165, 1.54) is 13.2 Å². The molecular weight excluding hydrogens is 249 g/mol. The van der Waals surface area contributed by atoms with Crippen LogP contribution in [-0.2, 0) is 4.79 Å². The van der Waals surface area contributed by atoms with E-state index in [1.54, 1.807) is 12.1 Å². The molecule has 0 radical (unpaired) electrons. The van der Waals surface area contributed by atoms with E-state index in [2.05, 4.69) is 4.90 Å². The predicted molar refractivity (Wildman–Crippen MR) is 68.8 cm³/mol. The fourth-order valence-corrected chi connectivity index (χ4v) is 2.57. The van der Waals surface area contributed by atoms with Crippen molar-refractivity contribution in [1.29, 1.82) is 0 Å². The van der Waals surface area contributed by atoms with E-state index < -0.39 is 11.8 Å². The van der Waals surface area contributed by atoms with E-state index >= 15 is 0 Å². The number of ether oxygens (including phenoxy) is 1. The number of nitrogens with zero attached hydrogens (tertiary/aromatic N) is 1. The maximum atomic E-state index is 13.7. The van der Waals surface area contributed by atoms with Crippen LogP contribution in [-0.4, -0.2) is 36.2 Å². The maximum Gasteiger partial charge on any atom is 0.305 e. The summed E-state index contributed by atoms with van der Waals surface area (Å²) in [6, 6.07) is 4.41. The molecule has 0 bridgehead atoms. The summed E-state index contributed by atoms with van der Waals surface area (Å²) in [5.41, 5.74) is 0.697. The van der Waals surface area contributed by atoms with Crippen molar-refractivity contribution in [2.45, 2.75) is 25.3 Å². The second-order valence-electron chi connectivity index (χ2n) is 4.75. The third-order valence-corrected chi connectivity index (χ3v) is 3.51. The minimum Gasteiger partial charge on any atom is -0.494 e. The molecular formula is C14H18FNO3. The van der Waals surface area contributed by atoms with E-state index in [-0.39, 0.29) is 18.2 Å². The van der Waals surface area contributed by atoms with Crippen LogP contribution in [0.3, 0.4) is 0 Å². The van der Waals surface area contributed by atoms with Gasteiger partial charge < -0.3 is 9.84 Å². The first-order valence-electron chi connectivity index (χ1n) is 6.41. The first-order valence-corrected chi connectivity index (χ1v) is 6.41. The van der Waals surface area contributed by atoms with Gasteiger partial charge in [0.05, 0.1) is 13.5 Å². The van der Waals surface area contributed by atoms with E-state index in [0.29, 0.717) is 5.56 Å². The maximum absolute atomic E-state index is 13.7. The van der Waals surface area contributed by atoms with Gasteiger partial charge in [0, 0.05) is 6.04 Å². The van der Waals surface area contributed by atoms with Crippen LogP contribution >= 0.6 is 0 Å². The van der Waals surface area contributed by atoms with E-state index in [0.717, 1.165) is 25.9 Å². The number of halogens is 1. The van der Waals surface area contributed by atoms with Gasteiger partial charge in [-0.2, -0.15) is 0 Å². The van der Waals surface area contributed by atoms with Crippen LogP contribution in [0.15, 0.2) is 18.2 Å². The van der Waals surface area contributed by atoms with E-state index in [9.17, 15) is 9.18 Å². The third-order valence-electron chi connectivity index (χ3n) is 3.51. The molecule has 0 amide bonds. The fourth-order valence-electron chi connectivity index (χ4n) is 2.57. The molecule has 0 aliphatic carbocycles. The quantitative estimate of drug-likeness (QED) is 0.890.